The molecule has 132 valence electrons. The minimum Gasteiger partial charge on any atom is -0.379 e. The van der Waals surface area contributed by atoms with Gasteiger partial charge in [0.05, 0.1) is 30.2 Å². The Morgan fingerprint density at radius 1 is 1.21 bits per heavy atom. The van der Waals surface area contributed by atoms with Crippen LogP contribution in [0.3, 0.4) is 0 Å². The van der Waals surface area contributed by atoms with E-state index in [0.29, 0.717) is 37.6 Å². The predicted molar refractivity (Wildman–Crippen MR) is 89.3 cm³/mol. The first kappa shape index (κ1) is 18.4. The zero-order chi connectivity index (χ0) is 17.6. The highest BCUT2D eigenvalue weighted by Crippen LogP contribution is 2.15. The molecule has 8 nitrogen and oxygen atoms in total. The molecule has 0 saturated carbocycles. The van der Waals surface area contributed by atoms with Gasteiger partial charge in [-0.2, -0.15) is 4.31 Å². The summed E-state index contributed by atoms with van der Waals surface area (Å²) in [5, 5.41) is 5.08. The SMILES string of the molecule is CNC(=O)c1ccccc1NC(=O)CCS(=O)(=O)N1CCOCC1. The third-order valence-corrected chi connectivity index (χ3v) is 5.50. The van der Waals surface area contributed by atoms with Crippen molar-refractivity contribution in [2.75, 3.05) is 44.4 Å². The van der Waals surface area contributed by atoms with E-state index in [9.17, 15) is 18.0 Å². The van der Waals surface area contributed by atoms with Gasteiger partial charge in [-0.15, -0.1) is 0 Å². The van der Waals surface area contributed by atoms with Crippen molar-refractivity contribution in [2.24, 2.45) is 0 Å². The van der Waals surface area contributed by atoms with Gasteiger partial charge in [0.25, 0.3) is 5.91 Å². The number of carbonyl (C=O) groups is 2. The van der Waals surface area contributed by atoms with Gasteiger partial charge < -0.3 is 15.4 Å². The standard InChI is InChI=1S/C15H21N3O5S/c1-16-15(20)12-4-2-3-5-13(12)17-14(19)6-11-24(21,22)18-7-9-23-10-8-18/h2-5H,6-11H2,1H3,(H,16,20)(H,17,19). The van der Waals surface area contributed by atoms with Gasteiger partial charge in [-0.3, -0.25) is 9.59 Å². The molecule has 1 heterocycles. The van der Waals surface area contributed by atoms with Gasteiger partial charge in [-0.25, -0.2) is 8.42 Å². The van der Waals surface area contributed by atoms with Gasteiger partial charge in [0.15, 0.2) is 0 Å². The van der Waals surface area contributed by atoms with Crippen molar-refractivity contribution in [3.05, 3.63) is 29.8 Å². The molecular weight excluding hydrogens is 334 g/mol. The van der Waals surface area contributed by atoms with Gasteiger partial charge in [0, 0.05) is 26.6 Å². The fraction of sp³-hybridized carbons (Fsp3) is 0.467. The Balaban J connectivity index is 1.95. The van der Waals surface area contributed by atoms with Crippen LogP contribution in [0, 0.1) is 0 Å². The molecule has 2 amide bonds. The van der Waals surface area contributed by atoms with Crippen molar-refractivity contribution < 1.29 is 22.7 Å². The first-order valence-electron chi connectivity index (χ1n) is 7.60. The molecule has 2 rings (SSSR count). The molecule has 9 heteroatoms. The smallest absolute Gasteiger partial charge is 0.253 e. The van der Waals surface area contributed by atoms with Crippen molar-refractivity contribution in [3.8, 4) is 0 Å². The zero-order valence-corrected chi connectivity index (χ0v) is 14.3. The fourth-order valence-corrected chi connectivity index (χ4v) is 3.72. The highest BCUT2D eigenvalue weighted by molar-refractivity contribution is 7.89. The monoisotopic (exact) mass is 355 g/mol. The maximum absolute atomic E-state index is 12.2. The summed E-state index contributed by atoms with van der Waals surface area (Å²) >= 11 is 0. The third kappa shape index (κ3) is 4.76. The lowest BCUT2D eigenvalue weighted by Crippen LogP contribution is -2.42. The van der Waals surface area contributed by atoms with E-state index in [0.717, 1.165) is 0 Å². The van der Waals surface area contributed by atoms with Crippen LogP contribution < -0.4 is 10.6 Å². The Bertz CT molecular complexity index is 699. The molecule has 1 fully saturated rings. The van der Waals surface area contributed by atoms with Crippen molar-refractivity contribution in [1.29, 1.82) is 0 Å². The number of benzene rings is 1. The number of morpholine rings is 1. The van der Waals surface area contributed by atoms with E-state index in [2.05, 4.69) is 10.6 Å². The van der Waals surface area contributed by atoms with Crippen molar-refractivity contribution in [1.82, 2.24) is 9.62 Å². The summed E-state index contributed by atoms with van der Waals surface area (Å²) in [7, 11) is -1.99. The molecule has 1 aliphatic rings. The molecule has 2 N–H and O–H groups in total. The lowest BCUT2D eigenvalue weighted by molar-refractivity contribution is -0.115. The summed E-state index contributed by atoms with van der Waals surface area (Å²) in [4.78, 5) is 23.8. The van der Waals surface area contributed by atoms with Crippen LogP contribution in [-0.4, -0.2) is 63.6 Å². The van der Waals surface area contributed by atoms with Crippen molar-refractivity contribution in [3.63, 3.8) is 0 Å². The molecule has 0 atom stereocenters. The lowest BCUT2D eigenvalue weighted by atomic mass is 10.1. The summed E-state index contributed by atoms with van der Waals surface area (Å²) < 4.78 is 30.8. The first-order valence-corrected chi connectivity index (χ1v) is 9.21. The molecule has 0 bridgehead atoms. The number of rotatable bonds is 6. The van der Waals surface area contributed by atoms with Crippen molar-refractivity contribution >= 4 is 27.5 Å². The van der Waals surface area contributed by atoms with Crippen LogP contribution in [0.4, 0.5) is 5.69 Å². The second-order valence-electron chi connectivity index (χ2n) is 5.25. The fourth-order valence-electron chi connectivity index (χ4n) is 2.31. The first-order chi connectivity index (χ1) is 11.4. The average Bonchev–Trinajstić information content (AvgIpc) is 2.60. The molecule has 0 radical (unpaired) electrons. The Morgan fingerprint density at radius 3 is 2.54 bits per heavy atom. The highest BCUT2D eigenvalue weighted by atomic mass is 32.2. The van der Waals surface area contributed by atoms with E-state index in [1.807, 2.05) is 0 Å². The molecule has 1 saturated heterocycles. The molecule has 0 aromatic heterocycles. The van der Waals surface area contributed by atoms with Gasteiger partial charge in [0.1, 0.15) is 0 Å². The normalized spacial score (nSPS) is 15.7. The predicted octanol–water partition coefficient (Wildman–Crippen LogP) is 0.0368. The van der Waals surface area contributed by atoms with Gasteiger partial charge in [-0.05, 0) is 12.1 Å². The largest absolute Gasteiger partial charge is 0.379 e. The van der Waals surface area contributed by atoms with E-state index in [-0.39, 0.29) is 18.1 Å². The molecule has 0 unspecified atom stereocenters. The number of carbonyl (C=O) groups excluding carboxylic acids is 2. The topological polar surface area (TPSA) is 105 Å². The second kappa shape index (κ2) is 8.22. The van der Waals surface area contributed by atoms with Crippen LogP contribution in [0.5, 0.6) is 0 Å². The summed E-state index contributed by atoms with van der Waals surface area (Å²) in [6, 6.07) is 6.55. The van der Waals surface area contributed by atoms with Crippen LogP contribution in [-0.2, 0) is 19.6 Å². The number of nitrogens with one attached hydrogen (secondary N) is 2. The van der Waals surface area contributed by atoms with Gasteiger partial charge in [-0.1, -0.05) is 12.1 Å². The lowest BCUT2D eigenvalue weighted by Gasteiger charge is -2.25. The number of para-hydroxylation sites is 1. The van der Waals surface area contributed by atoms with E-state index in [1.54, 1.807) is 24.3 Å². The number of nitrogens with zero attached hydrogens (tertiary/aromatic N) is 1. The molecule has 0 aliphatic carbocycles. The number of sulfonamides is 1. The molecule has 24 heavy (non-hydrogen) atoms. The summed E-state index contributed by atoms with van der Waals surface area (Å²) in [5.74, 6) is -1.06. The number of anilines is 1. The maximum atomic E-state index is 12.2. The number of amides is 2. The van der Waals surface area contributed by atoms with E-state index < -0.39 is 15.9 Å². The van der Waals surface area contributed by atoms with E-state index >= 15 is 0 Å². The second-order valence-corrected chi connectivity index (χ2v) is 7.34. The Morgan fingerprint density at radius 2 is 1.88 bits per heavy atom. The van der Waals surface area contributed by atoms with Crippen LogP contribution in [0.2, 0.25) is 0 Å². The molecule has 1 aliphatic heterocycles. The van der Waals surface area contributed by atoms with Crippen LogP contribution >= 0.6 is 0 Å². The number of ether oxygens (including phenoxy) is 1. The van der Waals surface area contributed by atoms with Gasteiger partial charge in [0.2, 0.25) is 15.9 Å². The average molecular weight is 355 g/mol. The Kier molecular flexibility index (Phi) is 6.29. The molecule has 0 spiro atoms. The van der Waals surface area contributed by atoms with Crippen LogP contribution in [0.1, 0.15) is 16.8 Å². The Labute approximate surface area is 141 Å². The molecule has 1 aromatic carbocycles. The van der Waals surface area contributed by atoms with Crippen molar-refractivity contribution in [2.45, 2.75) is 6.42 Å². The van der Waals surface area contributed by atoms with E-state index in [4.69, 9.17) is 4.74 Å². The summed E-state index contributed by atoms with van der Waals surface area (Å²) in [6.07, 6.45) is -0.179. The zero-order valence-electron chi connectivity index (χ0n) is 13.4. The molecule has 1 aromatic rings. The van der Waals surface area contributed by atoms with Crippen LogP contribution in [0.25, 0.3) is 0 Å². The third-order valence-electron chi connectivity index (χ3n) is 3.62. The minimum atomic E-state index is -3.49. The maximum Gasteiger partial charge on any atom is 0.253 e. The molecular formula is C15H21N3O5S. The summed E-state index contributed by atoms with van der Waals surface area (Å²) in [5.41, 5.74) is 0.676. The van der Waals surface area contributed by atoms with E-state index in [1.165, 1.54) is 11.4 Å². The van der Waals surface area contributed by atoms with Gasteiger partial charge >= 0.3 is 0 Å². The summed E-state index contributed by atoms with van der Waals surface area (Å²) in [6.45, 7) is 1.35. The highest BCUT2D eigenvalue weighted by Gasteiger charge is 2.25. The minimum absolute atomic E-state index is 0.179. The number of hydrogen-bond donors (Lipinski definition) is 2. The van der Waals surface area contributed by atoms with Crippen LogP contribution in [0.15, 0.2) is 24.3 Å². The number of hydrogen-bond acceptors (Lipinski definition) is 5. The Hall–Kier alpha value is -1.97. The quantitative estimate of drug-likeness (QED) is 0.749.